The highest BCUT2D eigenvalue weighted by Crippen LogP contribution is 2.48. The monoisotopic (exact) mass is 392 g/mol. The van der Waals surface area contributed by atoms with E-state index in [0.29, 0.717) is 23.8 Å². The molecule has 3 heterocycles. The molecule has 1 atom stereocenters. The molecule has 4 rings (SSSR count). The molecular formula is C21H20N4O2S. The van der Waals surface area contributed by atoms with Crippen LogP contribution in [0.25, 0.3) is 11.3 Å². The molecule has 0 spiro atoms. The quantitative estimate of drug-likeness (QED) is 0.687. The minimum absolute atomic E-state index is 0.0718. The number of benzene rings is 1. The predicted molar refractivity (Wildman–Crippen MR) is 108 cm³/mol. The maximum Gasteiger partial charge on any atom is 0.244 e. The van der Waals surface area contributed by atoms with Crippen LogP contribution in [-0.2, 0) is 0 Å². The van der Waals surface area contributed by atoms with Crippen molar-refractivity contribution in [2.75, 3.05) is 6.61 Å². The number of H-pyrrole nitrogens is 1. The molecule has 0 radical (unpaired) electrons. The summed E-state index contributed by atoms with van der Waals surface area (Å²) in [4.78, 5) is 2.37. The highest BCUT2D eigenvalue weighted by atomic mass is 32.1. The number of para-hydroxylation sites is 1. The molecule has 7 heteroatoms. The van der Waals surface area contributed by atoms with Gasteiger partial charge in [0.25, 0.3) is 0 Å². The summed E-state index contributed by atoms with van der Waals surface area (Å²) in [5, 5.41) is 17.3. The van der Waals surface area contributed by atoms with Crippen molar-refractivity contribution >= 4 is 11.3 Å². The summed E-state index contributed by atoms with van der Waals surface area (Å²) in [5.74, 6) is 0.757. The first-order valence-corrected chi connectivity index (χ1v) is 9.81. The third kappa shape index (κ3) is 2.83. The predicted octanol–water partition coefficient (Wildman–Crippen LogP) is 4.37. The summed E-state index contributed by atoms with van der Waals surface area (Å²) in [6.45, 7) is 6.60. The molecule has 0 saturated carbocycles. The zero-order valence-electron chi connectivity index (χ0n) is 15.9. The molecular weight excluding hydrogens is 372 g/mol. The van der Waals surface area contributed by atoms with Gasteiger partial charge in [0.05, 0.1) is 23.8 Å². The van der Waals surface area contributed by atoms with Crippen LogP contribution in [0.4, 0.5) is 0 Å². The lowest BCUT2D eigenvalue weighted by molar-refractivity contribution is 0.334. The van der Waals surface area contributed by atoms with E-state index < -0.39 is 5.92 Å². The molecule has 3 aromatic rings. The smallest absolute Gasteiger partial charge is 0.244 e. The zero-order chi connectivity index (χ0) is 19.8. The number of hydrogen-bond donors (Lipinski definition) is 2. The first kappa shape index (κ1) is 18.1. The SMILES string of the molecule is CCOc1ccccc1[C@@H]1C(C#N)=C(N)Oc2n[nH]c(-c3cc(C)sc3C)c21. The number of nitrogens with two attached hydrogens (primary N) is 1. The van der Waals surface area contributed by atoms with Crippen molar-refractivity contribution in [1.29, 1.82) is 5.26 Å². The molecule has 0 fully saturated rings. The van der Waals surface area contributed by atoms with Crippen LogP contribution < -0.4 is 15.2 Å². The molecule has 3 N–H and O–H groups in total. The van der Waals surface area contributed by atoms with Gasteiger partial charge in [0.15, 0.2) is 0 Å². The molecule has 0 amide bonds. The lowest BCUT2D eigenvalue weighted by Crippen LogP contribution is -2.21. The van der Waals surface area contributed by atoms with E-state index in [1.165, 1.54) is 9.75 Å². The first-order valence-electron chi connectivity index (χ1n) is 9.00. The normalized spacial score (nSPS) is 15.7. The van der Waals surface area contributed by atoms with E-state index in [4.69, 9.17) is 15.2 Å². The number of aryl methyl sites for hydroxylation is 2. The van der Waals surface area contributed by atoms with Crippen LogP contribution in [0.2, 0.25) is 0 Å². The van der Waals surface area contributed by atoms with Crippen LogP contribution in [0.5, 0.6) is 11.6 Å². The third-order valence-electron chi connectivity index (χ3n) is 4.78. The second-order valence-corrected chi connectivity index (χ2v) is 8.00. The number of allylic oxidation sites excluding steroid dienone is 1. The molecule has 0 saturated heterocycles. The van der Waals surface area contributed by atoms with Gasteiger partial charge in [-0.2, -0.15) is 5.26 Å². The second-order valence-electron chi connectivity index (χ2n) is 6.54. The Morgan fingerprint density at radius 3 is 2.82 bits per heavy atom. The lowest BCUT2D eigenvalue weighted by Gasteiger charge is -2.25. The van der Waals surface area contributed by atoms with Crippen LogP contribution >= 0.6 is 11.3 Å². The Labute approximate surface area is 167 Å². The van der Waals surface area contributed by atoms with E-state index in [1.807, 2.05) is 31.2 Å². The van der Waals surface area contributed by atoms with Crippen molar-refractivity contribution in [2.45, 2.75) is 26.7 Å². The standard InChI is InChI=1S/C21H20N4O2S/c1-4-26-16-8-6-5-7-13(16)17-15(10-22)20(23)27-21-18(17)19(24-25-21)14-9-11(2)28-12(14)3/h5-9,17H,4,23H2,1-3H3,(H,24,25)/t17-/m1/s1. The Hall–Kier alpha value is -3.24. The van der Waals surface area contributed by atoms with Gasteiger partial charge < -0.3 is 15.2 Å². The van der Waals surface area contributed by atoms with Gasteiger partial charge in [-0.1, -0.05) is 18.2 Å². The largest absolute Gasteiger partial charge is 0.494 e. The van der Waals surface area contributed by atoms with Crippen molar-refractivity contribution in [3.8, 4) is 29.0 Å². The van der Waals surface area contributed by atoms with Crippen LogP contribution in [0.15, 0.2) is 41.8 Å². The number of rotatable bonds is 4. The summed E-state index contributed by atoms with van der Waals surface area (Å²) in [5.41, 5.74) is 9.99. The van der Waals surface area contributed by atoms with Gasteiger partial charge in [-0.15, -0.1) is 16.4 Å². The molecule has 28 heavy (non-hydrogen) atoms. The van der Waals surface area contributed by atoms with Gasteiger partial charge >= 0.3 is 0 Å². The number of nitrogens with one attached hydrogen (secondary N) is 1. The Morgan fingerprint density at radius 2 is 2.14 bits per heavy atom. The minimum Gasteiger partial charge on any atom is -0.494 e. The van der Waals surface area contributed by atoms with Crippen molar-refractivity contribution in [1.82, 2.24) is 10.2 Å². The Kier molecular flexibility index (Phi) is 4.57. The Bertz CT molecular complexity index is 1120. The van der Waals surface area contributed by atoms with Crippen molar-refractivity contribution in [3.63, 3.8) is 0 Å². The van der Waals surface area contributed by atoms with Gasteiger partial charge in [-0.05, 0) is 32.9 Å². The molecule has 0 aliphatic carbocycles. The van der Waals surface area contributed by atoms with Crippen molar-refractivity contribution < 1.29 is 9.47 Å². The molecule has 2 aromatic heterocycles. The van der Waals surface area contributed by atoms with E-state index in [1.54, 1.807) is 11.3 Å². The van der Waals surface area contributed by atoms with E-state index in [-0.39, 0.29) is 5.88 Å². The second kappa shape index (κ2) is 7.06. The fraction of sp³-hybridized carbons (Fsp3) is 0.238. The molecule has 1 aliphatic heterocycles. The number of nitriles is 1. The summed E-state index contributed by atoms with van der Waals surface area (Å²) in [6.07, 6.45) is 0. The number of aromatic amines is 1. The lowest BCUT2D eigenvalue weighted by atomic mass is 9.82. The van der Waals surface area contributed by atoms with Gasteiger partial charge in [-0.3, -0.25) is 5.10 Å². The molecule has 6 nitrogen and oxygen atoms in total. The first-order chi connectivity index (χ1) is 13.5. The summed E-state index contributed by atoms with van der Waals surface area (Å²) in [6, 6.07) is 12.1. The Balaban J connectivity index is 1.98. The van der Waals surface area contributed by atoms with Gasteiger partial charge in [-0.25, -0.2) is 0 Å². The van der Waals surface area contributed by atoms with Crippen LogP contribution in [0, 0.1) is 25.2 Å². The minimum atomic E-state index is -0.426. The fourth-order valence-corrected chi connectivity index (χ4v) is 4.58. The van der Waals surface area contributed by atoms with E-state index >= 15 is 0 Å². The Morgan fingerprint density at radius 1 is 1.36 bits per heavy atom. The average molecular weight is 392 g/mol. The number of thiophene rings is 1. The number of fused-ring (bicyclic) bond motifs is 1. The zero-order valence-corrected chi connectivity index (χ0v) is 16.7. The summed E-state index contributed by atoms with van der Waals surface area (Å²) < 4.78 is 11.5. The van der Waals surface area contributed by atoms with E-state index in [0.717, 1.165) is 22.4 Å². The van der Waals surface area contributed by atoms with Crippen LogP contribution in [0.3, 0.4) is 0 Å². The van der Waals surface area contributed by atoms with Gasteiger partial charge in [0.1, 0.15) is 17.4 Å². The number of ether oxygens (including phenoxy) is 2. The number of nitrogens with zero attached hydrogens (tertiary/aromatic N) is 2. The maximum absolute atomic E-state index is 9.86. The van der Waals surface area contributed by atoms with Gasteiger partial charge in [0, 0.05) is 20.9 Å². The summed E-state index contributed by atoms with van der Waals surface area (Å²) >= 11 is 1.72. The molecule has 0 unspecified atom stereocenters. The van der Waals surface area contributed by atoms with Crippen molar-refractivity contribution in [2.24, 2.45) is 5.73 Å². The van der Waals surface area contributed by atoms with Gasteiger partial charge in [0.2, 0.25) is 11.8 Å². The molecule has 0 bridgehead atoms. The number of aromatic nitrogens is 2. The van der Waals surface area contributed by atoms with Crippen LogP contribution in [-0.4, -0.2) is 16.8 Å². The van der Waals surface area contributed by atoms with E-state index in [9.17, 15) is 5.26 Å². The van der Waals surface area contributed by atoms with Crippen molar-refractivity contribution in [3.05, 3.63) is 62.7 Å². The molecule has 142 valence electrons. The highest BCUT2D eigenvalue weighted by Gasteiger charge is 2.37. The van der Waals surface area contributed by atoms with E-state index in [2.05, 4.69) is 36.2 Å². The fourth-order valence-electron chi connectivity index (χ4n) is 3.65. The summed E-state index contributed by atoms with van der Waals surface area (Å²) in [7, 11) is 0. The number of hydrogen-bond acceptors (Lipinski definition) is 6. The third-order valence-corrected chi connectivity index (χ3v) is 5.74. The molecule has 1 aliphatic rings. The average Bonchev–Trinajstić information content (AvgIpc) is 3.23. The van der Waals surface area contributed by atoms with Crippen LogP contribution in [0.1, 0.15) is 33.7 Å². The maximum atomic E-state index is 9.86. The topological polar surface area (TPSA) is 96.9 Å². The molecule has 1 aromatic carbocycles. The highest BCUT2D eigenvalue weighted by molar-refractivity contribution is 7.12.